The summed E-state index contributed by atoms with van der Waals surface area (Å²) in [6, 6.07) is 76.5. The molecule has 0 bridgehead atoms. The van der Waals surface area contributed by atoms with Gasteiger partial charge in [-0.1, -0.05) is 211 Å². The number of nitrogens with zero attached hydrogens (tertiary/aromatic N) is 3. The van der Waals surface area contributed by atoms with Crippen molar-refractivity contribution in [1.82, 2.24) is 15.0 Å². The summed E-state index contributed by atoms with van der Waals surface area (Å²) < 4.78 is 0. The fourth-order valence-corrected chi connectivity index (χ4v) is 9.37. The van der Waals surface area contributed by atoms with Gasteiger partial charge >= 0.3 is 0 Å². The topological polar surface area (TPSA) is 38.7 Å². The quantitative estimate of drug-likeness (QED) is 0.162. The minimum atomic E-state index is -0.493. The molecular formula is C58H41N3. The summed E-state index contributed by atoms with van der Waals surface area (Å²) in [6.07, 6.45) is 0. The van der Waals surface area contributed by atoms with E-state index in [2.05, 4.69) is 202 Å². The average molecular weight is 780 g/mol. The molecule has 11 rings (SSSR count). The van der Waals surface area contributed by atoms with Crippen molar-refractivity contribution < 1.29 is 0 Å². The Morgan fingerprint density at radius 1 is 0.295 bits per heavy atom. The summed E-state index contributed by atoms with van der Waals surface area (Å²) in [5, 5.41) is 2.23. The molecule has 0 atom stereocenters. The lowest BCUT2D eigenvalue weighted by Gasteiger charge is -2.34. The van der Waals surface area contributed by atoms with E-state index in [1.165, 1.54) is 50.1 Å². The lowest BCUT2D eigenvalue weighted by molar-refractivity contribution is 0.768. The summed E-state index contributed by atoms with van der Waals surface area (Å²) in [5.74, 6) is 1.92. The number of aromatic nitrogens is 3. The number of benzene rings is 9. The highest BCUT2D eigenvalue weighted by molar-refractivity contribution is 6.05. The molecular weight excluding hydrogens is 739 g/mol. The van der Waals surface area contributed by atoms with Crippen LogP contribution in [0.15, 0.2) is 212 Å². The number of hydrogen-bond acceptors (Lipinski definition) is 3. The fraction of sp³-hybridized carbons (Fsp3) is 0.0517. The van der Waals surface area contributed by atoms with E-state index in [1.54, 1.807) is 0 Å². The van der Waals surface area contributed by atoms with Crippen LogP contribution in [0.25, 0.3) is 78.3 Å². The van der Waals surface area contributed by atoms with Crippen molar-refractivity contribution in [2.45, 2.75) is 19.3 Å². The van der Waals surface area contributed by atoms with Crippen LogP contribution in [0.3, 0.4) is 0 Å². The van der Waals surface area contributed by atoms with Crippen LogP contribution < -0.4 is 0 Å². The van der Waals surface area contributed by atoms with Crippen LogP contribution in [0.2, 0.25) is 0 Å². The van der Waals surface area contributed by atoms with E-state index in [0.29, 0.717) is 17.5 Å². The predicted octanol–water partition coefficient (Wildman–Crippen LogP) is 14.3. The molecule has 1 heterocycles. The summed E-state index contributed by atoms with van der Waals surface area (Å²) in [7, 11) is 0. The molecule has 0 amide bonds. The summed E-state index contributed by atoms with van der Waals surface area (Å²) >= 11 is 0. The van der Waals surface area contributed by atoms with E-state index in [1.807, 2.05) is 24.3 Å². The second-order valence-electron chi connectivity index (χ2n) is 16.1. The highest BCUT2D eigenvalue weighted by Crippen LogP contribution is 2.57. The maximum atomic E-state index is 5.20. The molecule has 0 unspecified atom stereocenters. The molecule has 0 spiro atoms. The second kappa shape index (κ2) is 14.8. The molecule has 0 N–H and O–H groups in total. The molecule has 0 aliphatic heterocycles. The van der Waals surface area contributed by atoms with Gasteiger partial charge in [-0.3, -0.25) is 0 Å². The van der Waals surface area contributed by atoms with Gasteiger partial charge in [-0.25, -0.2) is 15.0 Å². The number of rotatable bonds is 7. The van der Waals surface area contributed by atoms with E-state index in [4.69, 9.17) is 15.0 Å². The van der Waals surface area contributed by atoms with Gasteiger partial charge in [-0.2, -0.15) is 0 Å². The van der Waals surface area contributed by atoms with Crippen LogP contribution in [-0.4, -0.2) is 15.0 Å². The Balaban J connectivity index is 1.08. The van der Waals surface area contributed by atoms with Crippen LogP contribution in [0.4, 0.5) is 0 Å². The molecule has 1 aliphatic carbocycles. The lowest BCUT2D eigenvalue weighted by atomic mass is 9.67. The third-order valence-corrected chi connectivity index (χ3v) is 12.4. The first-order valence-electron chi connectivity index (χ1n) is 20.9. The SMILES string of the molecule is Cc1ccc(C2(c3ccc(C)cc3)c3ccccc3-c3ccc(-c4ccc(-c5nc(-c6ccccc6)nc(-c6ccc(-c7ccccc7)cc6)n5)c5ccccc45)cc32)cc1. The second-order valence-corrected chi connectivity index (χ2v) is 16.1. The van der Waals surface area contributed by atoms with Crippen molar-refractivity contribution in [3.8, 4) is 67.5 Å². The zero-order chi connectivity index (χ0) is 40.9. The Kier molecular flexibility index (Phi) is 8.82. The maximum absolute atomic E-state index is 5.20. The Morgan fingerprint density at radius 2 is 0.721 bits per heavy atom. The zero-order valence-corrected chi connectivity index (χ0v) is 34.0. The molecule has 1 aromatic heterocycles. The summed E-state index contributed by atoms with van der Waals surface area (Å²) in [6.45, 7) is 4.32. The van der Waals surface area contributed by atoms with E-state index in [-0.39, 0.29) is 0 Å². The smallest absolute Gasteiger partial charge is 0.164 e. The fourth-order valence-electron chi connectivity index (χ4n) is 9.37. The number of fused-ring (bicyclic) bond motifs is 4. The van der Waals surface area contributed by atoms with Crippen molar-refractivity contribution in [3.63, 3.8) is 0 Å². The monoisotopic (exact) mass is 779 g/mol. The molecule has 3 heteroatoms. The largest absolute Gasteiger partial charge is 0.208 e. The predicted molar refractivity (Wildman–Crippen MR) is 251 cm³/mol. The van der Waals surface area contributed by atoms with Gasteiger partial charge < -0.3 is 0 Å². The zero-order valence-electron chi connectivity index (χ0n) is 34.0. The highest BCUT2D eigenvalue weighted by Gasteiger charge is 2.46. The van der Waals surface area contributed by atoms with E-state index in [0.717, 1.165) is 44.2 Å². The molecule has 61 heavy (non-hydrogen) atoms. The number of hydrogen-bond donors (Lipinski definition) is 0. The third-order valence-electron chi connectivity index (χ3n) is 12.4. The van der Waals surface area contributed by atoms with Gasteiger partial charge in [0.15, 0.2) is 17.5 Å². The normalized spacial score (nSPS) is 12.6. The third kappa shape index (κ3) is 6.17. The Morgan fingerprint density at radius 3 is 1.36 bits per heavy atom. The van der Waals surface area contributed by atoms with E-state index in [9.17, 15) is 0 Å². The van der Waals surface area contributed by atoms with Crippen molar-refractivity contribution >= 4 is 10.8 Å². The summed E-state index contributed by atoms with van der Waals surface area (Å²) in [4.78, 5) is 15.4. The lowest BCUT2D eigenvalue weighted by Crippen LogP contribution is -2.28. The number of aryl methyl sites for hydroxylation is 2. The van der Waals surface area contributed by atoms with Gasteiger partial charge in [0.2, 0.25) is 0 Å². The van der Waals surface area contributed by atoms with Crippen LogP contribution in [0, 0.1) is 13.8 Å². The molecule has 0 saturated heterocycles. The van der Waals surface area contributed by atoms with Gasteiger partial charge in [0.1, 0.15) is 0 Å². The van der Waals surface area contributed by atoms with Crippen LogP contribution in [-0.2, 0) is 5.41 Å². The molecule has 288 valence electrons. The van der Waals surface area contributed by atoms with Crippen LogP contribution >= 0.6 is 0 Å². The Hall–Kier alpha value is -7.75. The molecule has 10 aromatic rings. The first-order valence-corrected chi connectivity index (χ1v) is 20.9. The van der Waals surface area contributed by atoms with Gasteiger partial charge in [0.05, 0.1) is 5.41 Å². The summed E-state index contributed by atoms with van der Waals surface area (Å²) in [5.41, 5.74) is 17.2. The minimum Gasteiger partial charge on any atom is -0.208 e. The standard InChI is InChI=1S/C58H41N3/c1-38-21-30-45(31-22-38)58(46-32-23-39(2)24-33-46)53-20-12-11-19-50(53)51-34-29-44(37-54(51)58)47-35-36-52(49-18-10-9-17-48(47)49)57-60-55(42-15-7-4-8-16-42)59-56(61-57)43-27-25-41(26-28-43)40-13-5-3-6-14-40/h3-37H,1-2H3. The maximum Gasteiger partial charge on any atom is 0.164 e. The van der Waals surface area contributed by atoms with Crippen molar-refractivity contribution in [2.75, 3.05) is 0 Å². The Bertz CT molecular complexity index is 3180. The van der Waals surface area contributed by atoms with E-state index >= 15 is 0 Å². The van der Waals surface area contributed by atoms with Crippen LogP contribution in [0.5, 0.6) is 0 Å². The minimum absolute atomic E-state index is 0.493. The van der Waals surface area contributed by atoms with Gasteiger partial charge in [0, 0.05) is 16.7 Å². The first kappa shape index (κ1) is 36.3. The van der Waals surface area contributed by atoms with Gasteiger partial charge in [-0.15, -0.1) is 0 Å². The van der Waals surface area contributed by atoms with Crippen molar-refractivity contribution in [1.29, 1.82) is 0 Å². The first-order chi connectivity index (χ1) is 30.0. The Labute approximate surface area is 356 Å². The van der Waals surface area contributed by atoms with Gasteiger partial charge in [0.25, 0.3) is 0 Å². The molecule has 0 saturated carbocycles. The van der Waals surface area contributed by atoms with Crippen LogP contribution in [0.1, 0.15) is 33.4 Å². The molecule has 1 aliphatic rings. The highest BCUT2D eigenvalue weighted by atomic mass is 15.0. The van der Waals surface area contributed by atoms with Crippen molar-refractivity contribution in [2.24, 2.45) is 0 Å². The van der Waals surface area contributed by atoms with E-state index < -0.39 is 5.41 Å². The molecule has 9 aromatic carbocycles. The van der Waals surface area contributed by atoms with Gasteiger partial charge in [-0.05, 0) is 92.4 Å². The average Bonchev–Trinajstić information content (AvgIpc) is 3.62. The molecule has 3 nitrogen and oxygen atoms in total. The molecule has 0 radical (unpaired) electrons. The molecule has 0 fully saturated rings. The van der Waals surface area contributed by atoms with Crippen molar-refractivity contribution in [3.05, 3.63) is 246 Å².